The Kier molecular flexibility index (Phi) is 5.03. The topological polar surface area (TPSA) is 37.4 Å². The molecule has 3 rings (SSSR count). The standard InChI is InChI=1S/C18H23N3O/c1-2-22-17-9-4-3-7-15(17)18(16-8-5-6-10-20-16)21-13-11-19-12-14-21/h3-10,18-19H,2,11-14H2,1H3. The van der Waals surface area contributed by atoms with Gasteiger partial charge in [0, 0.05) is 37.9 Å². The van der Waals surface area contributed by atoms with Crippen LogP contribution >= 0.6 is 0 Å². The number of hydrogen-bond acceptors (Lipinski definition) is 4. The third kappa shape index (κ3) is 3.29. The van der Waals surface area contributed by atoms with Gasteiger partial charge in [0.25, 0.3) is 0 Å². The molecule has 0 aliphatic carbocycles. The van der Waals surface area contributed by atoms with Crippen molar-refractivity contribution in [3.8, 4) is 5.75 Å². The number of pyridine rings is 1. The number of hydrogen-bond donors (Lipinski definition) is 1. The first-order valence-electron chi connectivity index (χ1n) is 7.97. The van der Waals surface area contributed by atoms with Crippen LogP contribution in [0.2, 0.25) is 0 Å². The van der Waals surface area contributed by atoms with Crippen molar-refractivity contribution in [3.63, 3.8) is 0 Å². The molecule has 4 nitrogen and oxygen atoms in total. The van der Waals surface area contributed by atoms with Gasteiger partial charge in [-0.3, -0.25) is 9.88 Å². The van der Waals surface area contributed by atoms with E-state index in [0.717, 1.165) is 37.6 Å². The highest BCUT2D eigenvalue weighted by atomic mass is 16.5. The average molecular weight is 297 g/mol. The minimum absolute atomic E-state index is 0.144. The maximum atomic E-state index is 5.86. The van der Waals surface area contributed by atoms with Gasteiger partial charge in [0.2, 0.25) is 0 Å². The van der Waals surface area contributed by atoms with Crippen molar-refractivity contribution in [3.05, 3.63) is 59.9 Å². The molecular formula is C18H23N3O. The van der Waals surface area contributed by atoms with Gasteiger partial charge in [0.1, 0.15) is 5.75 Å². The molecule has 1 atom stereocenters. The van der Waals surface area contributed by atoms with Gasteiger partial charge in [-0.25, -0.2) is 0 Å². The molecule has 0 saturated carbocycles. The summed E-state index contributed by atoms with van der Waals surface area (Å²) < 4.78 is 5.86. The van der Waals surface area contributed by atoms with E-state index in [1.165, 1.54) is 5.56 Å². The van der Waals surface area contributed by atoms with Gasteiger partial charge < -0.3 is 10.1 Å². The Balaban J connectivity index is 2.01. The number of rotatable bonds is 5. The maximum Gasteiger partial charge on any atom is 0.124 e. The number of nitrogens with one attached hydrogen (secondary N) is 1. The highest BCUT2D eigenvalue weighted by molar-refractivity contribution is 5.40. The zero-order chi connectivity index (χ0) is 15.2. The summed E-state index contributed by atoms with van der Waals surface area (Å²) in [6.45, 7) is 6.76. The lowest BCUT2D eigenvalue weighted by Crippen LogP contribution is -2.45. The van der Waals surface area contributed by atoms with E-state index in [9.17, 15) is 0 Å². The summed E-state index contributed by atoms with van der Waals surface area (Å²) in [4.78, 5) is 7.10. The molecule has 2 heterocycles. The molecule has 4 heteroatoms. The number of para-hydroxylation sites is 1. The molecule has 2 aromatic rings. The van der Waals surface area contributed by atoms with E-state index in [4.69, 9.17) is 4.74 Å². The van der Waals surface area contributed by atoms with Crippen molar-refractivity contribution in [2.45, 2.75) is 13.0 Å². The lowest BCUT2D eigenvalue weighted by Gasteiger charge is -2.35. The molecule has 0 bridgehead atoms. The highest BCUT2D eigenvalue weighted by Crippen LogP contribution is 2.33. The second-order valence-electron chi connectivity index (χ2n) is 5.41. The number of aromatic nitrogens is 1. The van der Waals surface area contributed by atoms with Gasteiger partial charge in [-0.1, -0.05) is 24.3 Å². The second-order valence-corrected chi connectivity index (χ2v) is 5.41. The first-order chi connectivity index (χ1) is 10.9. The molecule has 1 aromatic carbocycles. The lowest BCUT2D eigenvalue weighted by molar-refractivity contribution is 0.191. The molecule has 1 aliphatic heterocycles. The molecule has 22 heavy (non-hydrogen) atoms. The Morgan fingerprint density at radius 2 is 1.91 bits per heavy atom. The van der Waals surface area contributed by atoms with Gasteiger partial charge in [0.15, 0.2) is 0 Å². The van der Waals surface area contributed by atoms with E-state index in [2.05, 4.69) is 45.5 Å². The number of piperazine rings is 1. The van der Waals surface area contributed by atoms with Crippen LogP contribution in [0.4, 0.5) is 0 Å². The molecule has 1 aliphatic rings. The van der Waals surface area contributed by atoms with Crippen LogP contribution in [0.15, 0.2) is 48.7 Å². The molecule has 1 N–H and O–H groups in total. The monoisotopic (exact) mass is 297 g/mol. The largest absolute Gasteiger partial charge is 0.494 e. The third-order valence-electron chi connectivity index (χ3n) is 4.00. The summed E-state index contributed by atoms with van der Waals surface area (Å²) in [6, 6.07) is 14.6. The zero-order valence-electron chi connectivity index (χ0n) is 13.0. The van der Waals surface area contributed by atoms with Crippen LogP contribution < -0.4 is 10.1 Å². The first kappa shape index (κ1) is 15.0. The van der Waals surface area contributed by atoms with E-state index in [-0.39, 0.29) is 6.04 Å². The summed E-state index contributed by atoms with van der Waals surface area (Å²) in [6.07, 6.45) is 1.87. The van der Waals surface area contributed by atoms with Gasteiger partial charge in [-0.05, 0) is 25.1 Å². The Morgan fingerprint density at radius 3 is 2.64 bits per heavy atom. The third-order valence-corrected chi connectivity index (χ3v) is 4.00. The number of nitrogens with zero attached hydrogens (tertiary/aromatic N) is 2. The summed E-state index contributed by atoms with van der Waals surface area (Å²) in [7, 11) is 0. The van der Waals surface area contributed by atoms with Crippen molar-refractivity contribution in [1.82, 2.24) is 15.2 Å². The van der Waals surface area contributed by atoms with Crippen molar-refractivity contribution in [1.29, 1.82) is 0 Å². The van der Waals surface area contributed by atoms with Gasteiger partial charge >= 0.3 is 0 Å². The van der Waals surface area contributed by atoms with Gasteiger partial charge in [-0.15, -0.1) is 0 Å². The van der Waals surface area contributed by atoms with Crippen LogP contribution in [-0.4, -0.2) is 42.7 Å². The van der Waals surface area contributed by atoms with E-state index >= 15 is 0 Å². The van der Waals surface area contributed by atoms with Crippen LogP contribution in [0, 0.1) is 0 Å². The van der Waals surface area contributed by atoms with Crippen molar-refractivity contribution in [2.75, 3.05) is 32.8 Å². The molecule has 0 amide bonds. The average Bonchev–Trinajstić information content (AvgIpc) is 2.59. The van der Waals surface area contributed by atoms with Crippen LogP contribution in [0.5, 0.6) is 5.75 Å². The fraction of sp³-hybridized carbons (Fsp3) is 0.389. The molecule has 116 valence electrons. The predicted octanol–water partition coefficient (Wildman–Crippen LogP) is 2.47. The Hall–Kier alpha value is -1.91. The van der Waals surface area contributed by atoms with E-state index in [1.807, 2.05) is 25.3 Å². The fourth-order valence-corrected chi connectivity index (χ4v) is 3.01. The van der Waals surface area contributed by atoms with Gasteiger partial charge in [-0.2, -0.15) is 0 Å². The SMILES string of the molecule is CCOc1ccccc1C(c1ccccn1)N1CCNCC1. The first-order valence-corrected chi connectivity index (χ1v) is 7.97. The molecule has 1 unspecified atom stereocenters. The van der Waals surface area contributed by atoms with Crippen LogP contribution in [0.25, 0.3) is 0 Å². The molecule has 1 fully saturated rings. The number of ether oxygens (including phenoxy) is 1. The van der Waals surface area contributed by atoms with E-state index in [1.54, 1.807) is 0 Å². The van der Waals surface area contributed by atoms with Crippen molar-refractivity contribution >= 4 is 0 Å². The second kappa shape index (κ2) is 7.38. The Bertz CT molecular complexity index is 582. The smallest absolute Gasteiger partial charge is 0.124 e. The quantitative estimate of drug-likeness (QED) is 0.920. The minimum atomic E-state index is 0.144. The van der Waals surface area contributed by atoms with Crippen molar-refractivity contribution < 1.29 is 4.74 Å². The lowest BCUT2D eigenvalue weighted by atomic mass is 9.99. The molecular weight excluding hydrogens is 274 g/mol. The molecule has 0 spiro atoms. The number of benzene rings is 1. The fourth-order valence-electron chi connectivity index (χ4n) is 3.01. The van der Waals surface area contributed by atoms with Crippen molar-refractivity contribution in [2.24, 2.45) is 0 Å². The Labute approximate surface area is 132 Å². The normalized spacial score (nSPS) is 17.1. The van der Waals surface area contributed by atoms with Gasteiger partial charge in [0.05, 0.1) is 18.3 Å². The molecule has 1 aromatic heterocycles. The highest BCUT2D eigenvalue weighted by Gasteiger charge is 2.27. The summed E-state index contributed by atoms with van der Waals surface area (Å²) in [5, 5.41) is 3.42. The molecule has 0 radical (unpaired) electrons. The van der Waals surface area contributed by atoms with Crippen LogP contribution in [0.3, 0.4) is 0 Å². The maximum absolute atomic E-state index is 5.86. The van der Waals surface area contributed by atoms with E-state index < -0.39 is 0 Å². The minimum Gasteiger partial charge on any atom is -0.494 e. The predicted molar refractivity (Wildman–Crippen MR) is 88.1 cm³/mol. The summed E-state index contributed by atoms with van der Waals surface area (Å²) in [5.41, 5.74) is 2.28. The summed E-state index contributed by atoms with van der Waals surface area (Å²) in [5.74, 6) is 0.958. The van der Waals surface area contributed by atoms with E-state index in [0.29, 0.717) is 6.61 Å². The summed E-state index contributed by atoms with van der Waals surface area (Å²) >= 11 is 0. The Morgan fingerprint density at radius 1 is 1.14 bits per heavy atom. The van der Waals surface area contributed by atoms with Crippen LogP contribution in [-0.2, 0) is 0 Å². The van der Waals surface area contributed by atoms with Crippen LogP contribution in [0.1, 0.15) is 24.2 Å². The zero-order valence-corrected chi connectivity index (χ0v) is 13.0. The molecule has 1 saturated heterocycles.